The van der Waals surface area contributed by atoms with E-state index >= 15 is 0 Å². The van der Waals surface area contributed by atoms with Crippen molar-refractivity contribution in [3.8, 4) is 5.75 Å². The van der Waals surface area contributed by atoms with Gasteiger partial charge in [-0.25, -0.2) is 4.79 Å². The number of carbonyl (C=O) groups is 3. The van der Waals surface area contributed by atoms with Crippen molar-refractivity contribution in [2.24, 2.45) is 5.92 Å². The van der Waals surface area contributed by atoms with Gasteiger partial charge in [0.05, 0.1) is 13.5 Å². The van der Waals surface area contributed by atoms with Crippen LogP contribution in [0.5, 0.6) is 5.75 Å². The average Bonchev–Trinajstić information content (AvgIpc) is 3.15. The maximum atomic E-state index is 13.6. The van der Waals surface area contributed by atoms with Crippen LogP contribution in [0.4, 0.5) is 0 Å². The van der Waals surface area contributed by atoms with Gasteiger partial charge in [-0.05, 0) is 65.3 Å². The third-order valence-corrected chi connectivity index (χ3v) is 5.49. The first kappa shape index (κ1) is 27.0. The second-order valence-corrected chi connectivity index (χ2v) is 10.7. The Balaban J connectivity index is 2.15. The molecule has 2 aromatic rings. The van der Waals surface area contributed by atoms with Crippen molar-refractivity contribution < 1.29 is 28.6 Å². The summed E-state index contributed by atoms with van der Waals surface area (Å²) in [6.07, 6.45) is 1.51. The maximum Gasteiger partial charge on any atom is 0.330 e. The standard InChI is InChI=1S/C29H35NO6/c1-28(2,3)35-24(31)17-21-22(20-15-11-12-16-23(20)34-7)18-30(25(21)27(33)36-29(4,5)6)26(32)19-13-9-8-10-14-19/h8-16,18,21,25H,17H2,1-7H3/t21-,25-/m0/s1. The SMILES string of the molecule is COc1ccccc1C1=CN(C(=O)c2ccccc2)[C@H](C(=O)OC(C)(C)C)[C@H]1CC(=O)OC(C)(C)C. The van der Waals surface area contributed by atoms with Crippen LogP contribution in [-0.2, 0) is 19.1 Å². The first-order valence-electron chi connectivity index (χ1n) is 12.0. The fraction of sp³-hybridized carbons (Fsp3) is 0.414. The van der Waals surface area contributed by atoms with Gasteiger partial charge < -0.3 is 14.2 Å². The minimum atomic E-state index is -1.07. The monoisotopic (exact) mass is 493 g/mol. The summed E-state index contributed by atoms with van der Waals surface area (Å²) in [6.45, 7) is 10.6. The van der Waals surface area contributed by atoms with Crippen LogP contribution in [0, 0.1) is 5.92 Å². The molecule has 2 atom stereocenters. The van der Waals surface area contributed by atoms with Crippen molar-refractivity contribution in [2.45, 2.75) is 65.2 Å². The fourth-order valence-corrected chi connectivity index (χ4v) is 4.18. The molecule has 0 aromatic heterocycles. The van der Waals surface area contributed by atoms with Crippen LogP contribution >= 0.6 is 0 Å². The van der Waals surface area contributed by atoms with Crippen LogP contribution in [0.3, 0.4) is 0 Å². The van der Waals surface area contributed by atoms with Gasteiger partial charge in [-0.1, -0.05) is 36.4 Å². The Kier molecular flexibility index (Phi) is 7.92. The van der Waals surface area contributed by atoms with E-state index in [-0.39, 0.29) is 12.3 Å². The molecule has 1 heterocycles. The summed E-state index contributed by atoms with van der Waals surface area (Å²) >= 11 is 0. The highest BCUT2D eigenvalue weighted by molar-refractivity contribution is 6.01. The molecule has 1 aliphatic heterocycles. The summed E-state index contributed by atoms with van der Waals surface area (Å²) in [4.78, 5) is 41.6. The number of para-hydroxylation sites is 1. The zero-order valence-electron chi connectivity index (χ0n) is 22.0. The first-order valence-corrected chi connectivity index (χ1v) is 12.0. The Bertz CT molecular complexity index is 1140. The number of rotatable bonds is 6. The van der Waals surface area contributed by atoms with Crippen molar-refractivity contribution in [1.29, 1.82) is 0 Å². The van der Waals surface area contributed by atoms with E-state index < -0.39 is 35.1 Å². The summed E-state index contributed by atoms with van der Waals surface area (Å²) in [5.74, 6) is -1.59. The number of amides is 1. The molecule has 1 amide bonds. The van der Waals surface area contributed by atoms with Crippen molar-refractivity contribution in [1.82, 2.24) is 4.90 Å². The Morgan fingerprint density at radius 3 is 2.00 bits per heavy atom. The van der Waals surface area contributed by atoms with Crippen molar-refractivity contribution >= 4 is 23.4 Å². The van der Waals surface area contributed by atoms with Crippen molar-refractivity contribution in [2.75, 3.05) is 7.11 Å². The molecule has 0 saturated heterocycles. The number of methoxy groups -OCH3 is 1. The van der Waals surface area contributed by atoms with E-state index in [1.54, 1.807) is 85.2 Å². The van der Waals surface area contributed by atoms with Crippen LogP contribution in [0.2, 0.25) is 0 Å². The first-order chi connectivity index (χ1) is 16.8. The van der Waals surface area contributed by atoms with Gasteiger partial charge >= 0.3 is 11.9 Å². The van der Waals surface area contributed by atoms with Gasteiger partial charge in [0.1, 0.15) is 23.0 Å². The number of hydrogen-bond acceptors (Lipinski definition) is 6. The number of hydrogen-bond donors (Lipinski definition) is 0. The van der Waals surface area contributed by atoms with Gasteiger partial charge in [0.25, 0.3) is 5.91 Å². The van der Waals surface area contributed by atoms with Gasteiger partial charge in [0.2, 0.25) is 0 Å². The molecule has 7 nitrogen and oxygen atoms in total. The Morgan fingerprint density at radius 2 is 1.42 bits per heavy atom. The lowest BCUT2D eigenvalue weighted by atomic mass is 9.86. The molecule has 0 N–H and O–H groups in total. The molecule has 0 unspecified atom stereocenters. The third-order valence-electron chi connectivity index (χ3n) is 5.49. The van der Waals surface area contributed by atoms with Crippen molar-refractivity contribution in [3.05, 3.63) is 71.9 Å². The lowest BCUT2D eigenvalue weighted by molar-refractivity contribution is -0.162. The maximum absolute atomic E-state index is 13.6. The normalized spacial score (nSPS) is 17.9. The third kappa shape index (κ3) is 6.53. The molecule has 0 spiro atoms. The van der Waals surface area contributed by atoms with Gasteiger partial charge in [0, 0.05) is 23.2 Å². The fourth-order valence-electron chi connectivity index (χ4n) is 4.18. The molecule has 192 valence electrons. The van der Waals surface area contributed by atoms with Crippen LogP contribution < -0.4 is 4.74 Å². The minimum absolute atomic E-state index is 0.121. The molecule has 0 aliphatic carbocycles. The molecule has 0 saturated carbocycles. The van der Waals surface area contributed by atoms with Gasteiger partial charge in [0.15, 0.2) is 0 Å². The van der Waals surface area contributed by atoms with E-state index in [2.05, 4.69) is 0 Å². The Morgan fingerprint density at radius 1 is 0.833 bits per heavy atom. The van der Waals surface area contributed by atoms with E-state index in [4.69, 9.17) is 14.2 Å². The molecule has 3 rings (SSSR count). The van der Waals surface area contributed by atoms with Crippen LogP contribution in [0.1, 0.15) is 63.9 Å². The molecule has 7 heteroatoms. The van der Waals surface area contributed by atoms with Crippen LogP contribution in [0.15, 0.2) is 60.8 Å². The lowest BCUT2D eigenvalue weighted by Crippen LogP contribution is -2.46. The molecule has 1 aliphatic rings. The highest BCUT2D eigenvalue weighted by atomic mass is 16.6. The molecule has 0 fully saturated rings. The lowest BCUT2D eigenvalue weighted by Gasteiger charge is -2.31. The second-order valence-electron chi connectivity index (χ2n) is 10.7. The number of ether oxygens (including phenoxy) is 3. The van der Waals surface area contributed by atoms with Crippen LogP contribution in [-0.4, -0.2) is 47.1 Å². The topological polar surface area (TPSA) is 82.1 Å². The van der Waals surface area contributed by atoms with Gasteiger partial charge in [-0.3, -0.25) is 14.5 Å². The quantitative estimate of drug-likeness (QED) is 0.511. The van der Waals surface area contributed by atoms with Crippen LogP contribution in [0.25, 0.3) is 5.57 Å². The van der Waals surface area contributed by atoms with E-state index in [0.29, 0.717) is 22.4 Å². The molecule has 36 heavy (non-hydrogen) atoms. The van der Waals surface area contributed by atoms with E-state index in [9.17, 15) is 14.4 Å². The van der Waals surface area contributed by atoms with E-state index in [0.717, 1.165) is 0 Å². The predicted octanol–water partition coefficient (Wildman–Crippen LogP) is 5.25. The molecular formula is C29H35NO6. The summed E-state index contributed by atoms with van der Waals surface area (Å²) in [5.41, 5.74) is 0.233. The molecule has 2 aromatic carbocycles. The molecule has 0 bridgehead atoms. The van der Waals surface area contributed by atoms with Crippen molar-refractivity contribution in [3.63, 3.8) is 0 Å². The molecule has 0 radical (unpaired) electrons. The summed E-state index contributed by atoms with van der Waals surface area (Å²) in [5, 5.41) is 0. The highest BCUT2D eigenvalue weighted by Crippen LogP contribution is 2.43. The molecular weight excluding hydrogens is 458 g/mol. The summed E-state index contributed by atoms with van der Waals surface area (Å²) in [7, 11) is 1.55. The number of esters is 2. The Labute approximate surface area is 213 Å². The second kappa shape index (κ2) is 10.6. The van der Waals surface area contributed by atoms with E-state index in [1.807, 2.05) is 24.3 Å². The van der Waals surface area contributed by atoms with E-state index in [1.165, 1.54) is 4.90 Å². The van der Waals surface area contributed by atoms with Gasteiger partial charge in [-0.15, -0.1) is 0 Å². The minimum Gasteiger partial charge on any atom is -0.496 e. The number of benzene rings is 2. The largest absolute Gasteiger partial charge is 0.496 e. The number of carbonyl (C=O) groups excluding carboxylic acids is 3. The zero-order valence-corrected chi connectivity index (χ0v) is 22.0. The number of nitrogens with zero attached hydrogens (tertiary/aromatic N) is 1. The Hall–Kier alpha value is -3.61. The summed E-state index contributed by atoms with van der Waals surface area (Å²) < 4.78 is 16.9. The highest BCUT2D eigenvalue weighted by Gasteiger charge is 2.47. The smallest absolute Gasteiger partial charge is 0.330 e. The predicted molar refractivity (Wildman–Crippen MR) is 137 cm³/mol. The summed E-state index contributed by atoms with van der Waals surface area (Å²) in [6, 6.07) is 15.0. The zero-order chi connectivity index (χ0) is 26.7. The van der Waals surface area contributed by atoms with Gasteiger partial charge in [-0.2, -0.15) is 0 Å². The average molecular weight is 494 g/mol.